The Morgan fingerprint density at radius 1 is 0.500 bits per heavy atom. The first-order valence-electron chi connectivity index (χ1n) is 15.2. The van der Waals surface area contributed by atoms with Crippen LogP contribution in [0.15, 0.2) is 132 Å². The van der Waals surface area contributed by atoms with E-state index in [1.54, 1.807) is 22.0 Å². The molecule has 0 fully saturated rings. The predicted molar refractivity (Wildman–Crippen MR) is 194 cm³/mol. The third-order valence-corrected chi connectivity index (χ3v) is 10.4. The smallest absolute Gasteiger partial charge is 0.209 e. The first-order valence-corrected chi connectivity index (χ1v) is 18.1. The third kappa shape index (κ3) is 6.91. The lowest BCUT2D eigenvalue weighted by Gasteiger charge is -2.11. The summed E-state index contributed by atoms with van der Waals surface area (Å²) in [5.41, 5.74) is 5.19. The molecule has 4 aromatic heterocycles. The van der Waals surface area contributed by atoms with Crippen molar-refractivity contribution < 1.29 is 0 Å². The van der Waals surface area contributed by atoms with Crippen molar-refractivity contribution >= 4 is 44.8 Å². The Morgan fingerprint density at radius 3 is 1.30 bits per heavy atom. The Hall–Kier alpha value is -5.28. The van der Waals surface area contributed by atoms with Crippen LogP contribution in [0, 0.1) is 0 Å². The van der Waals surface area contributed by atoms with E-state index in [2.05, 4.69) is 20.6 Å². The molecule has 0 spiro atoms. The van der Waals surface area contributed by atoms with Gasteiger partial charge in [-0.2, -0.15) is 19.8 Å². The highest BCUT2D eigenvalue weighted by Gasteiger charge is 2.24. The highest BCUT2D eigenvalue weighted by atomic mass is 35.5. The Balaban J connectivity index is 1.16. The summed E-state index contributed by atoms with van der Waals surface area (Å²) < 4.78 is 3.66. The molecule has 0 amide bonds. The van der Waals surface area contributed by atoms with Crippen molar-refractivity contribution in [3.63, 3.8) is 0 Å². The van der Waals surface area contributed by atoms with Crippen LogP contribution in [0.2, 0.25) is 10.0 Å². The van der Waals surface area contributed by atoms with Crippen LogP contribution in [0.3, 0.4) is 0 Å². The zero-order valence-electron chi connectivity index (χ0n) is 25.9. The van der Waals surface area contributed by atoms with Crippen LogP contribution in [0.5, 0.6) is 0 Å². The zero-order valence-corrected chi connectivity index (χ0v) is 29.0. The van der Waals surface area contributed by atoms with Crippen LogP contribution in [0.4, 0.5) is 0 Å². The van der Waals surface area contributed by atoms with Crippen LogP contribution in [-0.4, -0.2) is 60.0 Å². The molecule has 16 heteroatoms. The lowest BCUT2D eigenvalue weighted by Crippen LogP contribution is -2.03. The van der Waals surface area contributed by atoms with Crippen molar-refractivity contribution in [2.45, 2.75) is 23.1 Å². The van der Waals surface area contributed by atoms with Crippen LogP contribution in [0.1, 0.15) is 11.1 Å². The third-order valence-electron chi connectivity index (χ3n) is 7.51. The van der Waals surface area contributed by atoms with Gasteiger partial charge < -0.3 is 0 Å². The molecule has 0 aliphatic heterocycles. The number of hydrogen-bond donors (Lipinski definition) is 0. The van der Waals surface area contributed by atoms with Gasteiger partial charge in [0.05, 0.1) is 48.0 Å². The van der Waals surface area contributed by atoms with E-state index in [9.17, 15) is 0 Å². The Morgan fingerprint density at radius 2 is 0.900 bits per heavy atom. The van der Waals surface area contributed by atoms with Crippen molar-refractivity contribution in [2.24, 2.45) is 0 Å². The molecular formula is C34H24Cl2N12S2. The van der Waals surface area contributed by atoms with Gasteiger partial charge >= 0.3 is 0 Å². The fourth-order valence-electron chi connectivity index (χ4n) is 5.08. The van der Waals surface area contributed by atoms with Crippen LogP contribution < -0.4 is 0 Å². The van der Waals surface area contributed by atoms with Crippen LogP contribution >= 0.6 is 44.8 Å². The molecule has 50 heavy (non-hydrogen) atoms. The summed E-state index contributed by atoms with van der Waals surface area (Å²) in [6.07, 6.45) is 3.49. The Kier molecular flexibility index (Phi) is 9.13. The van der Waals surface area contributed by atoms with Crippen molar-refractivity contribution in [3.8, 4) is 34.2 Å². The first kappa shape index (κ1) is 32.0. The monoisotopic (exact) mass is 734 g/mol. The molecule has 0 saturated carbocycles. The molecule has 4 aromatic carbocycles. The lowest BCUT2D eigenvalue weighted by molar-refractivity contribution is 0.573. The van der Waals surface area contributed by atoms with Crippen molar-refractivity contribution in [3.05, 3.63) is 143 Å². The molecular weight excluding hydrogens is 711 g/mol. The molecule has 0 aliphatic carbocycles. The SMILES string of the molecule is Clc1ccc(-n2ncc(-c3nnn(Cc4ccccc4)n3)c2SSc2c(-c3nnn(Cc4ccccc4)n3)cnn2-c2ccc(Cl)cc2)cc1. The van der Waals surface area contributed by atoms with E-state index in [0.717, 1.165) is 32.6 Å². The number of hydrogen-bond acceptors (Lipinski definition) is 10. The number of benzene rings is 4. The number of aromatic nitrogens is 12. The summed E-state index contributed by atoms with van der Waals surface area (Å²) in [7, 11) is 2.95. The van der Waals surface area contributed by atoms with Gasteiger partial charge in [-0.15, -0.1) is 20.4 Å². The van der Waals surface area contributed by atoms with E-state index in [4.69, 9.17) is 43.6 Å². The number of nitrogens with zero attached hydrogens (tertiary/aromatic N) is 12. The molecule has 12 nitrogen and oxygen atoms in total. The Bertz CT molecular complexity index is 2190. The van der Waals surface area contributed by atoms with Gasteiger partial charge in [-0.25, -0.2) is 9.36 Å². The second-order valence-corrected chi connectivity index (χ2v) is 13.9. The van der Waals surface area contributed by atoms with Crippen LogP contribution in [0.25, 0.3) is 34.2 Å². The standard InChI is InChI=1S/C34H24Cl2N12S2/c35-25-11-15-27(16-12-25)47-33(29(19-37-47)31-39-43-45(41-31)21-23-7-3-1-4-8-23)49-50-34-30(20-38-48(34)28-17-13-26(36)14-18-28)32-40-44-46(42-32)22-24-9-5-2-6-10-24/h1-20H,21-22H2. The minimum Gasteiger partial charge on any atom is -0.226 e. The van der Waals surface area contributed by atoms with E-state index in [1.807, 2.05) is 119 Å². The predicted octanol–water partition coefficient (Wildman–Crippen LogP) is 7.57. The fourth-order valence-corrected chi connectivity index (χ4v) is 7.84. The van der Waals surface area contributed by atoms with Crippen molar-refractivity contribution in [1.82, 2.24) is 60.0 Å². The average molecular weight is 736 g/mol. The molecule has 8 rings (SSSR count). The van der Waals surface area contributed by atoms with E-state index in [1.165, 1.54) is 21.6 Å². The van der Waals surface area contributed by atoms with Gasteiger partial charge in [-0.1, -0.05) is 83.9 Å². The Labute approximate surface area is 303 Å². The molecule has 0 radical (unpaired) electrons. The molecule has 0 atom stereocenters. The van der Waals surface area contributed by atoms with E-state index < -0.39 is 0 Å². The molecule has 0 bridgehead atoms. The minimum atomic E-state index is 0.446. The highest BCUT2D eigenvalue weighted by Crippen LogP contribution is 2.45. The zero-order chi connectivity index (χ0) is 33.9. The van der Waals surface area contributed by atoms with E-state index in [0.29, 0.717) is 45.9 Å². The fraction of sp³-hybridized carbons (Fsp3) is 0.0588. The largest absolute Gasteiger partial charge is 0.226 e. The first-order chi connectivity index (χ1) is 24.6. The second-order valence-electron chi connectivity index (χ2n) is 10.9. The minimum absolute atomic E-state index is 0.446. The number of tetrazole rings is 2. The number of rotatable bonds is 11. The average Bonchev–Trinajstić information content (AvgIpc) is 3.96. The topological polar surface area (TPSA) is 123 Å². The van der Waals surface area contributed by atoms with Gasteiger partial charge in [-0.05, 0) is 91.7 Å². The molecule has 0 saturated heterocycles. The van der Waals surface area contributed by atoms with Gasteiger partial charge in [-0.3, -0.25) is 0 Å². The molecule has 4 heterocycles. The lowest BCUT2D eigenvalue weighted by atomic mass is 10.2. The highest BCUT2D eigenvalue weighted by molar-refractivity contribution is 8.76. The summed E-state index contributed by atoms with van der Waals surface area (Å²) >= 11 is 12.5. The van der Waals surface area contributed by atoms with Crippen molar-refractivity contribution in [2.75, 3.05) is 0 Å². The quantitative estimate of drug-likeness (QED) is 0.123. The van der Waals surface area contributed by atoms with Crippen LogP contribution in [-0.2, 0) is 13.1 Å². The molecule has 0 aliphatic rings. The maximum atomic E-state index is 6.24. The number of halogens is 2. The van der Waals surface area contributed by atoms with E-state index >= 15 is 0 Å². The maximum Gasteiger partial charge on any atom is 0.209 e. The summed E-state index contributed by atoms with van der Waals surface area (Å²) in [5.74, 6) is 0.891. The molecule has 8 aromatic rings. The van der Waals surface area contributed by atoms with Gasteiger partial charge in [0.25, 0.3) is 0 Å². The molecule has 246 valence electrons. The summed E-state index contributed by atoms with van der Waals surface area (Å²) in [5, 5.41) is 39.2. The second kappa shape index (κ2) is 14.3. The summed E-state index contributed by atoms with van der Waals surface area (Å²) in [4.78, 5) is 3.15. The summed E-state index contributed by atoms with van der Waals surface area (Å²) in [6, 6.07) is 34.9. The van der Waals surface area contributed by atoms with E-state index in [-0.39, 0.29) is 0 Å². The van der Waals surface area contributed by atoms with Gasteiger partial charge in [0.1, 0.15) is 10.1 Å². The molecule has 0 unspecified atom stereocenters. The van der Waals surface area contributed by atoms with Gasteiger partial charge in [0.15, 0.2) is 0 Å². The summed E-state index contributed by atoms with van der Waals surface area (Å²) in [6.45, 7) is 0.968. The normalized spacial score (nSPS) is 11.3. The molecule has 0 N–H and O–H groups in total. The van der Waals surface area contributed by atoms with Gasteiger partial charge in [0, 0.05) is 10.0 Å². The maximum absolute atomic E-state index is 6.24. The van der Waals surface area contributed by atoms with Gasteiger partial charge in [0.2, 0.25) is 11.6 Å². The van der Waals surface area contributed by atoms with Crippen molar-refractivity contribution in [1.29, 1.82) is 0 Å².